The molecule has 1 aromatic carbocycles. The third kappa shape index (κ3) is 25.0. The molecule has 8 aliphatic rings. The van der Waals surface area contributed by atoms with Crippen LogP contribution in [0.2, 0.25) is 0 Å². The van der Waals surface area contributed by atoms with Crippen LogP contribution in [0.1, 0.15) is 48.4 Å². The lowest BCUT2D eigenvalue weighted by atomic mass is 9.95. The van der Waals surface area contributed by atoms with Crippen LogP contribution in [0.5, 0.6) is 0 Å². The number of nitrogens with two attached hydrogens (primary N) is 1. The molecule has 54 heteroatoms. The van der Waals surface area contributed by atoms with Gasteiger partial charge in [-0.05, 0) is 12.1 Å². The van der Waals surface area contributed by atoms with E-state index in [4.69, 9.17) is 110 Å². The summed E-state index contributed by atoms with van der Waals surface area (Å²) < 4.78 is 121. The molecule has 16 unspecified atom stereocenters. The first-order valence-electron chi connectivity index (χ1n) is 38.2. The summed E-state index contributed by atoms with van der Waals surface area (Å²) in [7, 11) is 2.42. The van der Waals surface area contributed by atoms with Gasteiger partial charge in [0.15, 0.2) is 74.7 Å². The van der Waals surface area contributed by atoms with E-state index < -0.39 is 302 Å². The predicted molar refractivity (Wildman–Crippen MR) is 385 cm³/mol. The first-order valence-corrected chi connectivity index (χ1v) is 38.2. The number of rotatable bonds is 39. The van der Waals surface area contributed by atoms with E-state index in [0.717, 1.165) is 27.7 Å². The van der Waals surface area contributed by atoms with Gasteiger partial charge >= 0.3 is 0 Å². The van der Waals surface area contributed by atoms with Crippen molar-refractivity contribution in [3.63, 3.8) is 0 Å². The highest BCUT2D eigenvalue weighted by Gasteiger charge is 2.61. The number of hydrogen-bond acceptors (Lipinski definition) is 49. The molecule has 124 heavy (non-hydrogen) atoms. The molecule has 0 aliphatic carbocycles. The Morgan fingerprint density at radius 2 is 0.613 bits per heavy atom. The lowest BCUT2D eigenvalue weighted by molar-refractivity contribution is -0.398. The second-order valence-corrected chi connectivity index (χ2v) is 28.6. The van der Waals surface area contributed by atoms with E-state index in [9.17, 15) is 130 Å². The lowest BCUT2D eigenvalue weighted by Crippen LogP contribution is -2.70. The van der Waals surface area contributed by atoms with Crippen molar-refractivity contribution in [2.75, 3.05) is 67.0 Å². The second-order valence-electron chi connectivity index (χ2n) is 28.6. The molecule has 9 rings (SSSR count). The van der Waals surface area contributed by atoms with Crippen molar-refractivity contribution in [1.82, 2.24) is 26.6 Å². The molecule has 8 heterocycles. The topological polar surface area (TPSA) is 784 Å². The number of carbonyl (C=O) groups is 10. The second kappa shape index (κ2) is 48.2. The molecule has 0 aromatic heterocycles. The summed E-state index contributed by atoms with van der Waals surface area (Å²) in [4.78, 5) is 118. The number of carbonyl (C=O) groups excluding carboxylic acids is 10. The van der Waals surface area contributed by atoms with E-state index in [1.54, 1.807) is 0 Å². The summed E-state index contributed by atoms with van der Waals surface area (Å²) in [6.45, 7) is -0.0133. The number of amides is 5. The fourth-order valence-electron chi connectivity index (χ4n) is 14.4. The Balaban J connectivity index is 0.000000312. The zero-order valence-corrected chi connectivity index (χ0v) is 66.7. The molecule has 0 spiro atoms. The molecule has 8 saturated heterocycles. The Morgan fingerprint density at radius 1 is 0.347 bits per heavy atom. The average Bonchev–Trinajstić information content (AvgIpc) is 0.801. The van der Waals surface area contributed by atoms with E-state index in [2.05, 4.69) is 26.6 Å². The zero-order valence-electron chi connectivity index (χ0n) is 66.7. The maximum atomic E-state index is 12.5. The van der Waals surface area contributed by atoms with E-state index >= 15 is 0 Å². The van der Waals surface area contributed by atoms with Crippen LogP contribution in [0.3, 0.4) is 0 Å². The number of aliphatic hydroxyl groups is 16. The number of ether oxygens (including phenoxy) is 22. The van der Waals surface area contributed by atoms with Crippen molar-refractivity contribution >= 4 is 61.7 Å². The van der Waals surface area contributed by atoms with Gasteiger partial charge in [0.05, 0.1) is 39.6 Å². The van der Waals surface area contributed by atoms with Crippen molar-refractivity contribution in [3.8, 4) is 0 Å². The Hall–Kier alpha value is -7.28. The number of hydrogen-bond donors (Lipinski definition) is 22. The van der Waals surface area contributed by atoms with Crippen LogP contribution in [-0.2, 0) is 143 Å². The van der Waals surface area contributed by atoms with Crippen molar-refractivity contribution < 1.29 is 234 Å². The molecule has 0 bridgehead atoms. The van der Waals surface area contributed by atoms with Crippen LogP contribution in [0.15, 0.2) is 24.3 Å². The molecular weight excluding hydrogens is 1690 g/mol. The highest BCUT2D eigenvalue weighted by Crippen LogP contribution is 2.39. The van der Waals surface area contributed by atoms with Crippen molar-refractivity contribution in [2.45, 2.75) is 274 Å². The smallest absolute Gasteiger partial charge is 0.295 e. The molecule has 704 valence electrons. The summed E-state index contributed by atoms with van der Waals surface area (Å²) in [5, 5.41) is 186. The quantitative estimate of drug-likeness (QED) is 0.0165. The summed E-state index contributed by atoms with van der Waals surface area (Å²) in [5.41, 5.74) is 5.99. The van der Waals surface area contributed by atoms with Crippen molar-refractivity contribution in [3.05, 3.63) is 35.4 Å². The van der Waals surface area contributed by atoms with Gasteiger partial charge in [-0.2, -0.15) is 0 Å². The fourth-order valence-corrected chi connectivity index (χ4v) is 14.4. The van der Waals surface area contributed by atoms with Gasteiger partial charge in [0, 0.05) is 66.1 Å². The molecule has 8 aliphatic heterocycles. The minimum Gasteiger partial charge on any atom is -0.435 e. The number of aliphatic hydroxyl groups excluding tert-OH is 16. The number of benzene rings is 1. The van der Waals surface area contributed by atoms with Crippen LogP contribution in [0, 0.1) is 0 Å². The maximum absolute atomic E-state index is 12.5. The van der Waals surface area contributed by atoms with Gasteiger partial charge in [0.1, 0.15) is 153 Å². The van der Waals surface area contributed by atoms with E-state index in [0.29, 0.717) is 11.8 Å². The fraction of sp³-hybridized carbons (Fsp3) is 0.771. The summed E-state index contributed by atoms with van der Waals surface area (Å²) in [6, 6.07) is -0.468. The maximum Gasteiger partial charge on any atom is 0.295 e. The summed E-state index contributed by atoms with van der Waals surface area (Å²) in [6.07, 6.45) is -63.6. The Labute approximate surface area is 702 Å². The molecule has 54 nitrogen and oxygen atoms in total. The minimum absolute atomic E-state index is 0.00304. The third-order valence-electron chi connectivity index (χ3n) is 20.3. The first kappa shape index (κ1) is 102. The molecule has 5 amide bonds. The SMILES string of the molecule is CO[C@@H]1C(CO)O[C@H](O[C@@H]2C(OC=O)O[C@@H](O[C@@H]3C(CO)O[C@H](O[C@@H]4C(OC=O)O[C@@H](OCCN)C(O)[C@H]4O)C(NC(C)=O)[C@H]3O)C(O)[C@H]2O)C(NC(C)=O)[C@H]1O.CO[C@@H]1C(CO)O[C@H](O[C@@H]2C(OC=O)O[C@@H](O[C@@H]3C(CO)O[C@H](O[C@@H]4C(OC=O)O[C@@H](OCCNC(=O)c5ccc(C=O)cc5)C(O)[C@H]4O)C(NC(C)=O)[C@H]3O)C(O)[C@H]2O)C(NC(C)=O)[C@H]1O. The van der Waals surface area contributed by atoms with E-state index in [1.165, 1.54) is 38.5 Å². The lowest BCUT2D eigenvalue weighted by Gasteiger charge is -2.49. The standard InChI is InChI=1S/C39H55N3O25.C31H51N3O23/c1-15(48)41-21-23(50)29(57-3)19(11-44)61-34(21)65-32-26(53)28(55)37(67-39(32)60-14-47)63-30-20(12-45)62-35(22(24(30)51)42-16(2)49)64-31-25(52)27(54)36(66-38(31)59-13-46)58-9-8-40-33(56)18-6-4-17(10-43)5-7-18;1-10(39)33-14-16(41)22(47-3)12(6-35)51-26(14)55-25-19(44)21(46)29(57-31(25)50-9-38)53-23-13(7-36)52-27(15(17(23)42)34-11(2)40)54-24-18(43)20(45)28(48-5-4-32)56-30(24)49-8-37/h4-7,10,13-14,19-32,34-39,44-45,50-55H,8-9,11-12H2,1-3H3,(H,40,56)(H,41,48)(H,42,49);8-9,12-31,35-36,41-46H,4-7,32H2,1-3H3,(H,33,39)(H,34,40)/t19?,20?,21?,22?,23-,24-,25-,26-,27?,28?,29-,30-,31+,32+,34-,35-,36-,37-,38?,39?;12?,13?,14?,15?,16-,17-,18-,19-,20?,21?,22-,23-,24+,25+,26-,27-,28-,29-,30?,31?/m11/s1. The van der Waals surface area contributed by atoms with Crippen molar-refractivity contribution in [2.24, 2.45) is 5.73 Å². The summed E-state index contributed by atoms with van der Waals surface area (Å²) in [5.74, 6) is -3.43. The predicted octanol–water partition coefficient (Wildman–Crippen LogP) is -15.8. The normalized spacial score (nSPS) is 41.0. The highest BCUT2D eigenvalue weighted by atomic mass is 16.8. The van der Waals surface area contributed by atoms with Gasteiger partial charge < -0.3 is 218 Å². The molecular formula is C70H106N6O48. The van der Waals surface area contributed by atoms with Gasteiger partial charge in [0.2, 0.25) is 48.8 Å². The van der Waals surface area contributed by atoms with Gasteiger partial charge in [-0.15, -0.1) is 0 Å². The Kier molecular flexibility index (Phi) is 39.7. The summed E-state index contributed by atoms with van der Waals surface area (Å²) >= 11 is 0. The van der Waals surface area contributed by atoms with Gasteiger partial charge in [-0.1, -0.05) is 12.1 Å². The highest BCUT2D eigenvalue weighted by molar-refractivity contribution is 5.94. The molecule has 1 aromatic rings. The van der Waals surface area contributed by atoms with E-state index in [1.807, 2.05) is 0 Å². The van der Waals surface area contributed by atoms with E-state index in [-0.39, 0.29) is 57.8 Å². The van der Waals surface area contributed by atoms with Crippen LogP contribution in [-0.4, -0.2) is 457 Å². The minimum atomic E-state index is -2.16. The molecule has 40 atom stereocenters. The monoisotopic (exact) mass is 1800 g/mol. The molecule has 0 saturated carbocycles. The zero-order chi connectivity index (χ0) is 91.2. The Bertz CT molecular complexity index is 3540. The van der Waals surface area contributed by atoms with Crippen LogP contribution in [0.4, 0.5) is 0 Å². The molecule has 8 fully saturated rings. The van der Waals surface area contributed by atoms with Crippen LogP contribution < -0.4 is 32.3 Å². The van der Waals surface area contributed by atoms with Crippen LogP contribution >= 0.6 is 0 Å². The number of nitrogens with one attached hydrogen (secondary N) is 5. The van der Waals surface area contributed by atoms with Gasteiger partial charge in [-0.25, -0.2) is 0 Å². The largest absolute Gasteiger partial charge is 0.435 e. The average molecular weight is 1800 g/mol. The molecule has 23 N–H and O–H groups in total. The molecule has 0 radical (unpaired) electrons. The van der Waals surface area contributed by atoms with Gasteiger partial charge in [-0.3, -0.25) is 47.9 Å². The number of aldehydes is 1. The van der Waals surface area contributed by atoms with Crippen LogP contribution in [0.25, 0.3) is 0 Å². The Morgan fingerprint density at radius 3 is 0.879 bits per heavy atom. The first-order chi connectivity index (χ1) is 59.2. The number of methoxy groups -OCH3 is 2. The third-order valence-corrected chi connectivity index (χ3v) is 20.3. The van der Waals surface area contributed by atoms with Crippen molar-refractivity contribution in [1.29, 1.82) is 0 Å². The van der Waals surface area contributed by atoms with Gasteiger partial charge in [0.25, 0.3) is 31.8 Å².